The topological polar surface area (TPSA) is 84.9 Å². The van der Waals surface area contributed by atoms with E-state index < -0.39 is 18.1 Å². The van der Waals surface area contributed by atoms with Crippen molar-refractivity contribution in [2.24, 2.45) is 0 Å². The molecule has 0 bridgehead atoms. The Morgan fingerprint density at radius 3 is 2.07 bits per heavy atom. The molecule has 0 saturated carbocycles. The van der Waals surface area contributed by atoms with Crippen LogP contribution in [0.1, 0.15) is 38.8 Å². The predicted octanol–water partition coefficient (Wildman–Crippen LogP) is 3.57. The third-order valence-electron chi connectivity index (χ3n) is 3.77. The minimum absolute atomic E-state index is 0.0429. The molecular formula is C21H25NO5. The van der Waals surface area contributed by atoms with Crippen molar-refractivity contribution in [3.05, 3.63) is 60.2 Å². The zero-order valence-electron chi connectivity index (χ0n) is 15.7. The molecule has 2 rings (SSSR count). The minimum atomic E-state index is -1.00. The van der Waals surface area contributed by atoms with Gasteiger partial charge in [-0.1, -0.05) is 30.3 Å². The average molecular weight is 371 g/mol. The highest BCUT2D eigenvalue weighted by atomic mass is 16.5. The Hall–Kier alpha value is -3.02. The maximum absolute atomic E-state index is 12.5. The lowest BCUT2D eigenvalue weighted by atomic mass is 10.0. The predicted molar refractivity (Wildman–Crippen MR) is 102 cm³/mol. The number of ether oxygens (including phenoxy) is 2. The van der Waals surface area contributed by atoms with Crippen molar-refractivity contribution >= 4 is 11.9 Å². The monoisotopic (exact) mass is 371 g/mol. The van der Waals surface area contributed by atoms with Gasteiger partial charge in [0.15, 0.2) is 6.10 Å². The zero-order valence-corrected chi connectivity index (χ0v) is 15.7. The lowest BCUT2D eigenvalue weighted by molar-refractivity contribution is -0.138. The molecule has 0 radical (unpaired) electrons. The molecule has 0 saturated heterocycles. The van der Waals surface area contributed by atoms with Gasteiger partial charge in [-0.2, -0.15) is 0 Å². The zero-order chi connectivity index (χ0) is 19.8. The Labute approximate surface area is 159 Å². The van der Waals surface area contributed by atoms with Crippen LogP contribution in [0.3, 0.4) is 0 Å². The van der Waals surface area contributed by atoms with Crippen molar-refractivity contribution in [2.45, 2.75) is 45.4 Å². The number of carbonyl (C=O) groups excluding carboxylic acids is 1. The smallest absolute Gasteiger partial charge is 0.305 e. The van der Waals surface area contributed by atoms with Gasteiger partial charge in [0.1, 0.15) is 11.5 Å². The number of rotatable bonds is 9. The standard InChI is InChI=1S/C21H25NO5/c1-14(2)26-18-11-9-16(10-12-18)19(13-20(23)24)22-21(25)15(3)27-17-7-5-4-6-8-17/h4-12,14-15,19H,13H2,1-3H3,(H,22,25)(H,23,24)/t15-,19+/m1/s1. The minimum Gasteiger partial charge on any atom is -0.491 e. The molecule has 27 heavy (non-hydrogen) atoms. The summed E-state index contributed by atoms with van der Waals surface area (Å²) in [6.45, 7) is 5.48. The highest BCUT2D eigenvalue weighted by molar-refractivity contribution is 5.82. The first-order valence-corrected chi connectivity index (χ1v) is 8.85. The normalized spacial score (nSPS) is 12.9. The molecule has 0 fully saturated rings. The Morgan fingerprint density at radius 1 is 0.926 bits per heavy atom. The molecular weight excluding hydrogens is 346 g/mol. The molecule has 0 spiro atoms. The summed E-state index contributed by atoms with van der Waals surface area (Å²) in [6.07, 6.45) is -0.942. The molecule has 2 atom stereocenters. The van der Waals surface area contributed by atoms with Crippen LogP contribution in [0, 0.1) is 0 Å². The summed E-state index contributed by atoms with van der Waals surface area (Å²) in [5.74, 6) is -0.118. The lowest BCUT2D eigenvalue weighted by Gasteiger charge is -2.21. The van der Waals surface area contributed by atoms with Gasteiger partial charge in [0.05, 0.1) is 18.6 Å². The number of para-hydroxylation sites is 1. The van der Waals surface area contributed by atoms with Crippen LogP contribution in [-0.2, 0) is 9.59 Å². The summed E-state index contributed by atoms with van der Waals surface area (Å²) >= 11 is 0. The molecule has 0 unspecified atom stereocenters. The fourth-order valence-corrected chi connectivity index (χ4v) is 2.52. The first kappa shape index (κ1) is 20.3. The van der Waals surface area contributed by atoms with Gasteiger partial charge in [-0.15, -0.1) is 0 Å². The van der Waals surface area contributed by atoms with E-state index in [4.69, 9.17) is 9.47 Å². The van der Waals surface area contributed by atoms with E-state index in [1.54, 1.807) is 43.3 Å². The Kier molecular flexibility index (Phi) is 7.23. The van der Waals surface area contributed by atoms with Crippen LogP contribution in [0.15, 0.2) is 54.6 Å². The second kappa shape index (κ2) is 9.62. The number of amides is 1. The molecule has 1 amide bonds. The third-order valence-corrected chi connectivity index (χ3v) is 3.77. The van der Waals surface area contributed by atoms with Gasteiger partial charge < -0.3 is 19.9 Å². The lowest BCUT2D eigenvalue weighted by Crippen LogP contribution is -2.39. The van der Waals surface area contributed by atoms with Crippen LogP contribution < -0.4 is 14.8 Å². The van der Waals surface area contributed by atoms with Crippen molar-refractivity contribution in [3.8, 4) is 11.5 Å². The van der Waals surface area contributed by atoms with Gasteiger partial charge in [0, 0.05) is 0 Å². The Bertz CT molecular complexity index is 743. The fourth-order valence-electron chi connectivity index (χ4n) is 2.52. The van der Waals surface area contributed by atoms with Gasteiger partial charge in [-0.3, -0.25) is 9.59 Å². The molecule has 0 aromatic heterocycles. The number of benzene rings is 2. The van der Waals surface area contributed by atoms with Crippen molar-refractivity contribution in [3.63, 3.8) is 0 Å². The van der Waals surface area contributed by atoms with Crippen LogP contribution in [-0.4, -0.2) is 29.2 Å². The second-order valence-electron chi connectivity index (χ2n) is 6.47. The molecule has 2 aromatic carbocycles. The molecule has 0 aliphatic rings. The fraction of sp³-hybridized carbons (Fsp3) is 0.333. The second-order valence-corrected chi connectivity index (χ2v) is 6.47. The summed E-state index contributed by atoms with van der Waals surface area (Å²) in [5.41, 5.74) is 0.689. The van der Waals surface area contributed by atoms with Crippen LogP contribution in [0.5, 0.6) is 11.5 Å². The maximum Gasteiger partial charge on any atom is 0.305 e. The first-order valence-electron chi connectivity index (χ1n) is 8.85. The number of carbonyl (C=O) groups is 2. The summed E-state index contributed by atoms with van der Waals surface area (Å²) in [7, 11) is 0. The van der Waals surface area contributed by atoms with Crippen molar-refractivity contribution in [1.29, 1.82) is 0 Å². The Morgan fingerprint density at radius 2 is 1.52 bits per heavy atom. The van der Waals surface area contributed by atoms with Crippen LogP contribution >= 0.6 is 0 Å². The highest BCUT2D eigenvalue weighted by Crippen LogP contribution is 2.22. The quantitative estimate of drug-likeness (QED) is 0.704. The van der Waals surface area contributed by atoms with Crippen LogP contribution in [0.2, 0.25) is 0 Å². The number of hydrogen-bond donors (Lipinski definition) is 2. The summed E-state index contributed by atoms with van der Waals surface area (Å²) in [6, 6.07) is 15.4. The average Bonchev–Trinajstić information content (AvgIpc) is 2.61. The van der Waals surface area contributed by atoms with Gasteiger partial charge >= 0.3 is 5.97 Å². The SMILES string of the molecule is CC(C)Oc1ccc([C@H](CC(=O)O)NC(=O)[C@@H](C)Oc2ccccc2)cc1. The van der Waals surface area contributed by atoms with E-state index in [2.05, 4.69) is 5.32 Å². The van der Waals surface area contributed by atoms with E-state index in [9.17, 15) is 14.7 Å². The number of carboxylic acid groups (broad SMARTS) is 1. The van der Waals surface area contributed by atoms with Crippen molar-refractivity contribution in [1.82, 2.24) is 5.32 Å². The maximum atomic E-state index is 12.5. The molecule has 0 heterocycles. The highest BCUT2D eigenvalue weighted by Gasteiger charge is 2.22. The summed E-state index contributed by atoms with van der Waals surface area (Å²) in [4.78, 5) is 23.7. The molecule has 0 aliphatic carbocycles. The van der Waals surface area contributed by atoms with Gasteiger partial charge in [-0.05, 0) is 50.6 Å². The third kappa shape index (κ3) is 6.66. The van der Waals surface area contributed by atoms with Crippen LogP contribution in [0.4, 0.5) is 0 Å². The number of carboxylic acids is 1. The van der Waals surface area contributed by atoms with E-state index in [0.29, 0.717) is 17.1 Å². The number of aliphatic carboxylic acids is 1. The molecule has 144 valence electrons. The van der Waals surface area contributed by atoms with Gasteiger partial charge in [0.2, 0.25) is 0 Å². The summed E-state index contributed by atoms with van der Waals surface area (Å²) < 4.78 is 11.2. The molecule has 0 aliphatic heterocycles. The van der Waals surface area contributed by atoms with E-state index in [0.717, 1.165) is 0 Å². The van der Waals surface area contributed by atoms with Gasteiger partial charge in [0.25, 0.3) is 5.91 Å². The van der Waals surface area contributed by atoms with E-state index in [-0.39, 0.29) is 18.4 Å². The van der Waals surface area contributed by atoms with Crippen molar-refractivity contribution < 1.29 is 24.2 Å². The largest absolute Gasteiger partial charge is 0.491 e. The van der Waals surface area contributed by atoms with E-state index >= 15 is 0 Å². The number of hydrogen-bond acceptors (Lipinski definition) is 4. The van der Waals surface area contributed by atoms with Crippen molar-refractivity contribution in [2.75, 3.05) is 0 Å². The van der Waals surface area contributed by atoms with E-state index in [1.165, 1.54) is 0 Å². The van der Waals surface area contributed by atoms with Crippen LogP contribution in [0.25, 0.3) is 0 Å². The molecule has 6 heteroatoms. The van der Waals surface area contributed by atoms with E-state index in [1.807, 2.05) is 32.0 Å². The molecule has 2 aromatic rings. The molecule has 6 nitrogen and oxygen atoms in total. The first-order chi connectivity index (χ1) is 12.8. The Balaban J connectivity index is 2.06. The number of nitrogens with one attached hydrogen (secondary N) is 1. The molecule has 2 N–H and O–H groups in total. The summed E-state index contributed by atoms with van der Waals surface area (Å²) in [5, 5.41) is 12.0. The van der Waals surface area contributed by atoms with Gasteiger partial charge in [-0.25, -0.2) is 0 Å².